The highest BCUT2D eigenvalue weighted by Gasteiger charge is 2.13. The van der Waals surface area contributed by atoms with Gasteiger partial charge in [-0.3, -0.25) is 9.59 Å². The van der Waals surface area contributed by atoms with Crippen molar-refractivity contribution in [2.75, 3.05) is 0 Å². The lowest BCUT2D eigenvalue weighted by Gasteiger charge is -2.18. The molecule has 0 aromatic rings. The van der Waals surface area contributed by atoms with Gasteiger partial charge in [-0.2, -0.15) is 0 Å². The predicted octanol–water partition coefficient (Wildman–Crippen LogP) is 13.3. The highest BCUT2D eigenvalue weighted by molar-refractivity contribution is 5.79. The van der Waals surface area contributed by atoms with Gasteiger partial charge in [0.1, 0.15) is 6.17 Å². The molecule has 0 unspecified atom stereocenters. The molecule has 0 heterocycles. The second-order valence-corrected chi connectivity index (χ2v) is 14.2. The Bertz CT molecular complexity index is 558. The molecule has 0 saturated heterocycles. The van der Waals surface area contributed by atoms with Gasteiger partial charge in [-0.1, -0.05) is 213 Å². The maximum Gasteiger partial charge on any atom is 0.221 e. The van der Waals surface area contributed by atoms with E-state index in [0.29, 0.717) is 12.8 Å². The molecular weight excluding hydrogens is 552 g/mol. The molecule has 0 radical (unpaired) electrons. The highest BCUT2D eigenvalue weighted by Crippen LogP contribution is 2.15. The van der Waals surface area contributed by atoms with Gasteiger partial charge in [0.2, 0.25) is 11.8 Å². The van der Waals surface area contributed by atoms with Crippen molar-refractivity contribution >= 4 is 11.8 Å². The summed E-state index contributed by atoms with van der Waals surface area (Å²) in [5.41, 5.74) is 0. The minimum absolute atomic E-state index is 0.0786. The Morgan fingerprint density at radius 3 is 0.733 bits per heavy atom. The van der Waals surface area contributed by atoms with Gasteiger partial charge < -0.3 is 10.6 Å². The number of hydrogen-bond donors (Lipinski definition) is 2. The molecule has 0 fully saturated rings. The van der Waals surface area contributed by atoms with Gasteiger partial charge in [0.25, 0.3) is 0 Å². The molecule has 0 saturated carbocycles. The summed E-state index contributed by atoms with van der Waals surface area (Å²) >= 11 is 0. The molecule has 4 nitrogen and oxygen atoms in total. The maximum absolute atomic E-state index is 12.4. The Kier molecular flexibility index (Phi) is 36.5. The molecule has 4 heteroatoms. The van der Waals surface area contributed by atoms with Crippen LogP contribution in [-0.2, 0) is 9.59 Å². The molecule has 0 bridgehead atoms. The summed E-state index contributed by atoms with van der Waals surface area (Å²) in [5, 5.41) is 6.07. The molecule has 0 aromatic carbocycles. The third-order valence-electron chi connectivity index (χ3n) is 9.59. The van der Waals surface area contributed by atoms with Crippen molar-refractivity contribution in [3.05, 3.63) is 0 Å². The van der Waals surface area contributed by atoms with E-state index >= 15 is 0 Å². The third kappa shape index (κ3) is 35.6. The van der Waals surface area contributed by atoms with Crippen molar-refractivity contribution in [2.24, 2.45) is 0 Å². The van der Waals surface area contributed by atoms with Crippen LogP contribution in [0.25, 0.3) is 0 Å². The number of rotatable bonds is 37. The first kappa shape index (κ1) is 43.9. The zero-order valence-electron chi connectivity index (χ0n) is 31.1. The van der Waals surface area contributed by atoms with Gasteiger partial charge in [0.15, 0.2) is 0 Å². The van der Waals surface area contributed by atoms with E-state index in [0.717, 1.165) is 32.1 Å². The Morgan fingerprint density at radius 1 is 0.333 bits per heavy atom. The van der Waals surface area contributed by atoms with Crippen LogP contribution in [-0.4, -0.2) is 18.0 Å². The van der Waals surface area contributed by atoms with Gasteiger partial charge >= 0.3 is 0 Å². The standard InChI is InChI=1S/C41H82N2O2/c1-4-7-9-11-13-15-17-19-21-23-25-27-29-31-33-35-37-40(44)42-39(6-3)43-41(45)38-36-34-32-30-28-26-24-22-20-18-16-14-12-10-8-5-2/h39H,4-38H2,1-3H3,(H,42,44)(H,43,45). The topological polar surface area (TPSA) is 58.2 Å². The predicted molar refractivity (Wildman–Crippen MR) is 199 cm³/mol. The van der Waals surface area contributed by atoms with Gasteiger partial charge in [0.05, 0.1) is 0 Å². The number of amides is 2. The van der Waals surface area contributed by atoms with E-state index in [4.69, 9.17) is 0 Å². The SMILES string of the molecule is CCCCCCCCCCCCCCCCCCC(=O)NC(CC)NC(=O)CCCCCCCCCCCCCCCCCC. The van der Waals surface area contributed by atoms with Crippen LogP contribution in [0.1, 0.15) is 245 Å². The van der Waals surface area contributed by atoms with Crippen LogP contribution in [0, 0.1) is 0 Å². The molecule has 0 spiro atoms. The van der Waals surface area contributed by atoms with E-state index < -0.39 is 0 Å². The molecule has 45 heavy (non-hydrogen) atoms. The van der Waals surface area contributed by atoms with Gasteiger partial charge in [-0.05, 0) is 19.3 Å². The van der Waals surface area contributed by atoms with E-state index in [1.807, 2.05) is 6.92 Å². The highest BCUT2D eigenvalue weighted by atomic mass is 16.2. The van der Waals surface area contributed by atoms with Crippen LogP contribution in [0.2, 0.25) is 0 Å². The number of hydrogen-bond acceptors (Lipinski definition) is 2. The van der Waals surface area contributed by atoms with Crippen molar-refractivity contribution in [2.45, 2.75) is 252 Å². The Hall–Kier alpha value is -1.06. The molecular formula is C41H82N2O2. The first-order valence-electron chi connectivity index (χ1n) is 20.7. The Morgan fingerprint density at radius 2 is 0.533 bits per heavy atom. The molecule has 0 aliphatic carbocycles. The van der Waals surface area contributed by atoms with Crippen LogP contribution in [0.3, 0.4) is 0 Å². The van der Waals surface area contributed by atoms with E-state index in [1.165, 1.54) is 180 Å². The summed E-state index contributed by atoms with van der Waals surface area (Å²) in [4.78, 5) is 24.8. The second-order valence-electron chi connectivity index (χ2n) is 14.2. The van der Waals surface area contributed by atoms with Crippen LogP contribution in [0.4, 0.5) is 0 Å². The zero-order valence-corrected chi connectivity index (χ0v) is 31.1. The lowest BCUT2D eigenvalue weighted by Crippen LogP contribution is -2.47. The van der Waals surface area contributed by atoms with E-state index in [2.05, 4.69) is 24.5 Å². The second kappa shape index (κ2) is 37.4. The molecule has 2 N–H and O–H groups in total. The van der Waals surface area contributed by atoms with Crippen LogP contribution < -0.4 is 10.6 Å². The van der Waals surface area contributed by atoms with Gasteiger partial charge in [-0.25, -0.2) is 0 Å². The van der Waals surface area contributed by atoms with Crippen molar-refractivity contribution in [1.82, 2.24) is 10.6 Å². The Balaban J connectivity index is 3.49. The Labute approximate surface area is 283 Å². The molecule has 0 rings (SSSR count). The minimum Gasteiger partial charge on any atom is -0.336 e. The molecule has 0 aromatic heterocycles. The summed E-state index contributed by atoms with van der Waals surface area (Å²) in [6, 6.07) is 0. The third-order valence-corrected chi connectivity index (χ3v) is 9.59. The van der Waals surface area contributed by atoms with Crippen LogP contribution in [0.5, 0.6) is 0 Å². The average molecular weight is 635 g/mol. The number of carbonyl (C=O) groups is 2. The van der Waals surface area contributed by atoms with Gasteiger partial charge in [-0.15, -0.1) is 0 Å². The fourth-order valence-corrected chi connectivity index (χ4v) is 6.44. The van der Waals surface area contributed by atoms with Crippen molar-refractivity contribution in [3.8, 4) is 0 Å². The van der Waals surface area contributed by atoms with E-state index in [-0.39, 0.29) is 18.0 Å². The lowest BCUT2D eigenvalue weighted by atomic mass is 10.0. The first-order valence-corrected chi connectivity index (χ1v) is 20.7. The number of carbonyl (C=O) groups excluding carboxylic acids is 2. The lowest BCUT2D eigenvalue weighted by molar-refractivity contribution is -0.124. The fourth-order valence-electron chi connectivity index (χ4n) is 6.44. The summed E-state index contributed by atoms with van der Waals surface area (Å²) in [6.07, 6.45) is 44.6. The van der Waals surface area contributed by atoms with Crippen molar-refractivity contribution < 1.29 is 9.59 Å². The summed E-state index contributed by atoms with van der Waals surface area (Å²) in [7, 11) is 0. The van der Waals surface area contributed by atoms with Crippen LogP contribution in [0.15, 0.2) is 0 Å². The average Bonchev–Trinajstić information content (AvgIpc) is 3.04. The summed E-state index contributed by atoms with van der Waals surface area (Å²) in [6.45, 7) is 6.59. The quantitative estimate of drug-likeness (QED) is 0.0527. The molecule has 0 atom stereocenters. The smallest absolute Gasteiger partial charge is 0.221 e. The minimum atomic E-state index is -0.230. The normalized spacial score (nSPS) is 11.4. The molecule has 0 aliphatic rings. The van der Waals surface area contributed by atoms with Crippen molar-refractivity contribution in [1.29, 1.82) is 0 Å². The molecule has 0 aliphatic heterocycles. The van der Waals surface area contributed by atoms with Crippen LogP contribution >= 0.6 is 0 Å². The number of unbranched alkanes of at least 4 members (excludes halogenated alkanes) is 30. The van der Waals surface area contributed by atoms with E-state index in [1.54, 1.807) is 0 Å². The van der Waals surface area contributed by atoms with Gasteiger partial charge in [0, 0.05) is 12.8 Å². The maximum atomic E-state index is 12.4. The van der Waals surface area contributed by atoms with Crippen molar-refractivity contribution in [3.63, 3.8) is 0 Å². The first-order chi connectivity index (χ1) is 22.1. The summed E-state index contributed by atoms with van der Waals surface area (Å²) < 4.78 is 0. The van der Waals surface area contributed by atoms with E-state index in [9.17, 15) is 9.59 Å². The molecule has 268 valence electrons. The zero-order chi connectivity index (χ0) is 32.9. The molecule has 2 amide bonds. The monoisotopic (exact) mass is 635 g/mol. The summed E-state index contributed by atoms with van der Waals surface area (Å²) in [5.74, 6) is 0.157. The fraction of sp³-hybridized carbons (Fsp3) is 0.951. The largest absolute Gasteiger partial charge is 0.336 e. The number of nitrogens with one attached hydrogen (secondary N) is 2.